The lowest BCUT2D eigenvalue weighted by Gasteiger charge is -2.03. The van der Waals surface area contributed by atoms with Crippen LogP contribution in [0, 0.1) is 11.3 Å². The quantitative estimate of drug-likeness (QED) is 0.614. The molecule has 1 atom stereocenters. The zero-order chi connectivity index (χ0) is 9.42. The average Bonchev–Trinajstić information content (AvgIpc) is 2.42. The number of nitrogens with zero attached hydrogens (tertiary/aromatic N) is 1. The summed E-state index contributed by atoms with van der Waals surface area (Å²) in [5.41, 5.74) is 2.92. The van der Waals surface area contributed by atoms with Crippen molar-refractivity contribution >= 4 is 17.2 Å². The van der Waals surface area contributed by atoms with Gasteiger partial charge in [-0.1, -0.05) is 30.7 Å². The monoisotopic (exact) mass is 189 g/mol. The van der Waals surface area contributed by atoms with Crippen molar-refractivity contribution in [2.24, 2.45) is 0 Å². The van der Waals surface area contributed by atoms with Gasteiger partial charge in [-0.2, -0.15) is 5.26 Å². The van der Waals surface area contributed by atoms with Crippen molar-refractivity contribution in [1.82, 2.24) is 0 Å². The zero-order valence-corrected chi connectivity index (χ0v) is 7.97. The predicted molar refractivity (Wildman–Crippen MR) is 53.5 cm³/mol. The minimum Gasteiger partial charge on any atom is -0.192 e. The summed E-state index contributed by atoms with van der Waals surface area (Å²) < 4.78 is 0. The molecule has 64 valence electrons. The van der Waals surface area contributed by atoms with E-state index in [1.165, 1.54) is 5.56 Å². The Labute approximate surface area is 82.3 Å². The summed E-state index contributed by atoms with van der Waals surface area (Å²) in [6.07, 6.45) is 1.97. The maximum atomic E-state index is 8.86. The summed E-state index contributed by atoms with van der Waals surface area (Å²) in [6, 6.07) is 7.89. The second kappa shape index (κ2) is 2.90. The highest BCUT2D eigenvalue weighted by molar-refractivity contribution is 6.30. The summed E-state index contributed by atoms with van der Waals surface area (Å²) in [5.74, 6) is 0.335. The minimum absolute atomic E-state index is 0.335. The smallest absolute Gasteiger partial charge is 0.0994 e. The van der Waals surface area contributed by atoms with Crippen molar-refractivity contribution in [3.8, 4) is 6.07 Å². The van der Waals surface area contributed by atoms with Crippen LogP contribution in [0.15, 0.2) is 24.3 Å². The Morgan fingerprint density at radius 2 is 2.23 bits per heavy atom. The fraction of sp³-hybridized carbons (Fsp3) is 0.182. The summed E-state index contributed by atoms with van der Waals surface area (Å²) >= 11 is 5.86. The average molecular weight is 190 g/mol. The van der Waals surface area contributed by atoms with Gasteiger partial charge in [0.1, 0.15) is 0 Å². The van der Waals surface area contributed by atoms with Gasteiger partial charge in [-0.15, -0.1) is 0 Å². The third-order valence-corrected chi connectivity index (χ3v) is 2.57. The Kier molecular flexibility index (Phi) is 1.86. The van der Waals surface area contributed by atoms with E-state index >= 15 is 0 Å². The second-order valence-electron chi connectivity index (χ2n) is 3.21. The van der Waals surface area contributed by atoms with Gasteiger partial charge < -0.3 is 0 Å². The molecule has 0 saturated heterocycles. The van der Waals surface area contributed by atoms with Gasteiger partial charge in [0.25, 0.3) is 0 Å². The van der Waals surface area contributed by atoms with Crippen molar-refractivity contribution in [2.75, 3.05) is 0 Å². The first-order valence-corrected chi connectivity index (χ1v) is 4.52. The molecule has 0 radical (unpaired) electrons. The number of rotatable bonds is 0. The van der Waals surface area contributed by atoms with E-state index in [2.05, 4.69) is 13.0 Å². The summed E-state index contributed by atoms with van der Waals surface area (Å²) in [7, 11) is 0. The molecule has 1 aromatic rings. The van der Waals surface area contributed by atoms with Crippen molar-refractivity contribution in [1.29, 1.82) is 5.26 Å². The molecule has 1 nitrogen and oxygen atoms in total. The molecule has 0 aromatic heterocycles. The van der Waals surface area contributed by atoms with Gasteiger partial charge in [-0.25, -0.2) is 0 Å². The summed E-state index contributed by atoms with van der Waals surface area (Å²) in [4.78, 5) is 0. The van der Waals surface area contributed by atoms with Gasteiger partial charge in [0.05, 0.1) is 11.6 Å². The van der Waals surface area contributed by atoms with E-state index in [1.807, 2.05) is 24.3 Å². The van der Waals surface area contributed by atoms with Gasteiger partial charge >= 0.3 is 0 Å². The molecule has 0 N–H and O–H groups in total. The molecular formula is C11H8ClN. The van der Waals surface area contributed by atoms with Crippen LogP contribution >= 0.6 is 11.6 Å². The Balaban J connectivity index is 2.63. The van der Waals surface area contributed by atoms with Crippen LogP contribution in [-0.2, 0) is 0 Å². The molecule has 0 spiro atoms. The first-order chi connectivity index (χ1) is 6.22. The lowest BCUT2D eigenvalue weighted by atomic mass is 10.0. The van der Waals surface area contributed by atoms with E-state index in [1.54, 1.807) is 0 Å². The summed E-state index contributed by atoms with van der Waals surface area (Å²) in [5, 5.41) is 9.55. The van der Waals surface area contributed by atoms with Crippen LogP contribution < -0.4 is 0 Å². The molecule has 1 aromatic carbocycles. The van der Waals surface area contributed by atoms with Crippen LogP contribution in [0.4, 0.5) is 0 Å². The van der Waals surface area contributed by atoms with Gasteiger partial charge in [-0.3, -0.25) is 0 Å². The molecule has 2 rings (SSSR count). The van der Waals surface area contributed by atoms with Crippen molar-refractivity contribution in [3.63, 3.8) is 0 Å². The molecule has 0 saturated carbocycles. The normalized spacial score (nSPS) is 19.2. The molecular weight excluding hydrogens is 182 g/mol. The zero-order valence-electron chi connectivity index (χ0n) is 7.21. The van der Waals surface area contributed by atoms with Crippen LogP contribution in [0.5, 0.6) is 0 Å². The highest BCUT2D eigenvalue weighted by atomic mass is 35.5. The van der Waals surface area contributed by atoms with Gasteiger partial charge in [0, 0.05) is 10.9 Å². The first kappa shape index (κ1) is 8.34. The van der Waals surface area contributed by atoms with Crippen LogP contribution in [0.25, 0.3) is 5.57 Å². The van der Waals surface area contributed by atoms with Crippen molar-refractivity contribution < 1.29 is 0 Å². The number of benzene rings is 1. The molecule has 0 bridgehead atoms. The number of hydrogen-bond donors (Lipinski definition) is 0. The highest BCUT2D eigenvalue weighted by Crippen LogP contribution is 2.36. The summed E-state index contributed by atoms with van der Waals surface area (Å²) in [6.45, 7) is 2.08. The predicted octanol–water partition coefficient (Wildman–Crippen LogP) is 3.36. The van der Waals surface area contributed by atoms with E-state index in [4.69, 9.17) is 16.9 Å². The SMILES string of the molecule is CC1C=C(C#N)c2cc(Cl)ccc21. The van der Waals surface area contributed by atoms with Crippen LogP contribution in [-0.4, -0.2) is 0 Å². The molecule has 0 amide bonds. The number of hydrogen-bond acceptors (Lipinski definition) is 1. The second-order valence-corrected chi connectivity index (χ2v) is 3.65. The van der Waals surface area contributed by atoms with E-state index in [0.29, 0.717) is 10.9 Å². The number of allylic oxidation sites excluding steroid dienone is 2. The third kappa shape index (κ3) is 1.24. The Bertz CT molecular complexity index is 426. The Morgan fingerprint density at radius 1 is 1.46 bits per heavy atom. The lowest BCUT2D eigenvalue weighted by Crippen LogP contribution is -1.86. The fourth-order valence-electron chi connectivity index (χ4n) is 1.69. The largest absolute Gasteiger partial charge is 0.192 e. The van der Waals surface area contributed by atoms with E-state index in [0.717, 1.165) is 11.1 Å². The van der Waals surface area contributed by atoms with Crippen molar-refractivity contribution in [2.45, 2.75) is 12.8 Å². The first-order valence-electron chi connectivity index (χ1n) is 4.14. The maximum absolute atomic E-state index is 8.86. The third-order valence-electron chi connectivity index (χ3n) is 2.33. The molecule has 1 unspecified atom stereocenters. The fourth-order valence-corrected chi connectivity index (χ4v) is 1.86. The van der Waals surface area contributed by atoms with E-state index in [-0.39, 0.29) is 0 Å². The van der Waals surface area contributed by atoms with Gasteiger partial charge in [0.2, 0.25) is 0 Å². The molecule has 1 aliphatic carbocycles. The standard InChI is InChI=1S/C11H8ClN/c1-7-4-8(6-13)11-5-9(12)2-3-10(7)11/h2-5,7H,1H3. The molecule has 0 heterocycles. The van der Waals surface area contributed by atoms with Crippen molar-refractivity contribution in [3.05, 3.63) is 40.4 Å². The molecule has 0 aliphatic heterocycles. The van der Waals surface area contributed by atoms with Crippen LogP contribution in [0.1, 0.15) is 24.0 Å². The number of nitriles is 1. The van der Waals surface area contributed by atoms with Gasteiger partial charge in [0.15, 0.2) is 0 Å². The van der Waals surface area contributed by atoms with Gasteiger partial charge in [-0.05, 0) is 23.3 Å². The highest BCUT2D eigenvalue weighted by Gasteiger charge is 2.19. The Hall–Kier alpha value is -1.26. The number of halogens is 1. The lowest BCUT2D eigenvalue weighted by molar-refractivity contribution is 0.990. The van der Waals surface area contributed by atoms with Crippen LogP contribution in [0.2, 0.25) is 5.02 Å². The topological polar surface area (TPSA) is 23.8 Å². The Morgan fingerprint density at radius 3 is 2.92 bits per heavy atom. The molecule has 2 heteroatoms. The maximum Gasteiger partial charge on any atom is 0.0994 e. The van der Waals surface area contributed by atoms with E-state index < -0.39 is 0 Å². The molecule has 0 fully saturated rings. The van der Waals surface area contributed by atoms with E-state index in [9.17, 15) is 0 Å². The molecule has 1 aliphatic rings. The van der Waals surface area contributed by atoms with Crippen LogP contribution in [0.3, 0.4) is 0 Å². The molecule has 13 heavy (non-hydrogen) atoms. The minimum atomic E-state index is 0.335. The number of fused-ring (bicyclic) bond motifs is 1.